The Bertz CT molecular complexity index is 1230. The molecule has 2 aromatic carbocycles. The molecule has 0 bridgehead atoms. The van der Waals surface area contributed by atoms with E-state index >= 15 is 0 Å². The number of aryl methyl sites for hydroxylation is 2. The highest BCUT2D eigenvalue weighted by molar-refractivity contribution is 6.51. The third-order valence-corrected chi connectivity index (χ3v) is 5.55. The van der Waals surface area contributed by atoms with E-state index in [1.807, 2.05) is 32.0 Å². The molecule has 32 heavy (non-hydrogen) atoms. The van der Waals surface area contributed by atoms with Crippen molar-refractivity contribution in [3.8, 4) is 5.75 Å². The fourth-order valence-corrected chi connectivity index (χ4v) is 4.19. The summed E-state index contributed by atoms with van der Waals surface area (Å²) < 4.78 is 5.35. The fourth-order valence-electron chi connectivity index (χ4n) is 4.02. The van der Waals surface area contributed by atoms with Gasteiger partial charge in [-0.15, -0.1) is 0 Å². The maximum atomic E-state index is 13.2. The topological polar surface area (TPSA) is 79.7 Å². The molecule has 1 aliphatic rings. The molecule has 162 valence electrons. The monoisotopic (exact) mass is 448 g/mol. The second kappa shape index (κ2) is 8.48. The van der Waals surface area contributed by atoms with Crippen LogP contribution in [0.5, 0.6) is 5.75 Å². The summed E-state index contributed by atoms with van der Waals surface area (Å²) in [5.74, 6) is -1.60. The number of carbonyl (C=O) groups is 2. The molecular weight excluding hydrogens is 428 g/mol. The number of halogens is 1. The smallest absolute Gasteiger partial charge is 0.300 e. The van der Waals surface area contributed by atoms with Crippen LogP contribution >= 0.6 is 11.6 Å². The van der Waals surface area contributed by atoms with Crippen LogP contribution in [0.4, 0.5) is 5.69 Å². The highest BCUT2D eigenvalue weighted by Gasteiger charge is 2.48. The minimum atomic E-state index is -0.916. The largest absolute Gasteiger partial charge is 0.507 e. The molecule has 4 rings (SSSR count). The number of hydrogen-bond donors (Lipinski definition) is 1. The van der Waals surface area contributed by atoms with Crippen molar-refractivity contribution in [2.75, 3.05) is 12.0 Å². The Morgan fingerprint density at radius 1 is 1.06 bits per heavy atom. The average Bonchev–Trinajstić information content (AvgIpc) is 3.04. The Hall–Kier alpha value is -3.64. The van der Waals surface area contributed by atoms with Gasteiger partial charge in [0.05, 0.1) is 23.9 Å². The van der Waals surface area contributed by atoms with Gasteiger partial charge in [0.2, 0.25) is 0 Å². The second-order valence-corrected chi connectivity index (χ2v) is 8.05. The predicted octanol–water partition coefficient (Wildman–Crippen LogP) is 4.99. The van der Waals surface area contributed by atoms with E-state index in [0.29, 0.717) is 22.2 Å². The lowest BCUT2D eigenvalue weighted by atomic mass is 9.97. The summed E-state index contributed by atoms with van der Waals surface area (Å²) in [5, 5.41) is 11.6. The lowest BCUT2D eigenvalue weighted by Crippen LogP contribution is -2.30. The molecular formula is C25H21ClN2O4. The van der Waals surface area contributed by atoms with Crippen molar-refractivity contribution in [1.29, 1.82) is 0 Å². The van der Waals surface area contributed by atoms with Gasteiger partial charge in [-0.25, -0.2) is 0 Å². The van der Waals surface area contributed by atoms with Crippen molar-refractivity contribution in [3.63, 3.8) is 0 Å². The summed E-state index contributed by atoms with van der Waals surface area (Å²) in [6.07, 6.45) is 1.58. The fraction of sp³-hybridized carbons (Fsp3) is 0.160. The number of ketones is 1. The number of aliphatic hydroxyl groups is 1. The molecule has 6 nitrogen and oxygen atoms in total. The number of pyridine rings is 1. The number of carbonyl (C=O) groups excluding carboxylic acids is 2. The normalized spacial score (nSPS) is 17.6. The van der Waals surface area contributed by atoms with Crippen LogP contribution in [0.2, 0.25) is 5.02 Å². The maximum Gasteiger partial charge on any atom is 0.300 e. The van der Waals surface area contributed by atoms with Gasteiger partial charge in [0, 0.05) is 16.9 Å². The molecule has 7 heteroatoms. The minimum Gasteiger partial charge on any atom is -0.507 e. The molecule has 1 aliphatic heterocycles. The van der Waals surface area contributed by atoms with Crippen molar-refractivity contribution in [3.05, 3.63) is 93.8 Å². The van der Waals surface area contributed by atoms with Gasteiger partial charge < -0.3 is 9.84 Å². The van der Waals surface area contributed by atoms with Gasteiger partial charge in [0.25, 0.3) is 11.7 Å². The van der Waals surface area contributed by atoms with Crippen molar-refractivity contribution in [2.45, 2.75) is 19.9 Å². The van der Waals surface area contributed by atoms with Crippen LogP contribution in [0.25, 0.3) is 5.76 Å². The van der Waals surface area contributed by atoms with Crippen LogP contribution in [0.3, 0.4) is 0 Å². The van der Waals surface area contributed by atoms with E-state index in [1.165, 1.54) is 18.1 Å². The van der Waals surface area contributed by atoms with Gasteiger partial charge in [-0.05, 0) is 67.4 Å². The Morgan fingerprint density at radius 3 is 2.41 bits per heavy atom. The Morgan fingerprint density at radius 2 is 1.78 bits per heavy atom. The summed E-state index contributed by atoms with van der Waals surface area (Å²) in [6.45, 7) is 3.83. The van der Waals surface area contributed by atoms with Crippen LogP contribution in [-0.4, -0.2) is 28.9 Å². The van der Waals surface area contributed by atoms with E-state index in [0.717, 1.165) is 11.1 Å². The summed E-state index contributed by atoms with van der Waals surface area (Å²) in [5.41, 5.74) is 3.04. The number of aliphatic hydroxyl groups excluding tert-OH is 1. The molecule has 1 amide bonds. The number of amides is 1. The number of ether oxygens (including phenoxy) is 1. The maximum absolute atomic E-state index is 13.2. The van der Waals surface area contributed by atoms with E-state index in [4.69, 9.17) is 16.3 Å². The second-order valence-electron chi connectivity index (χ2n) is 7.61. The van der Waals surface area contributed by atoms with Gasteiger partial charge in [-0.1, -0.05) is 23.7 Å². The third kappa shape index (κ3) is 3.74. The van der Waals surface area contributed by atoms with E-state index < -0.39 is 17.7 Å². The Balaban J connectivity index is 2.00. The Kier molecular flexibility index (Phi) is 5.72. The quantitative estimate of drug-likeness (QED) is 0.345. The molecule has 1 atom stereocenters. The number of benzene rings is 2. The molecule has 0 saturated carbocycles. The number of anilines is 1. The lowest BCUT2D eigenvalue weighted by molar-refractivity contribution is -0.132. The zero-order chi connectivity index (χ0) is 23.0. The van der Waals surface area contributed by atoms with Crippen molar-refractivity contribution in [1.82, 2.24) is 4.98 Å². The first-order valence-electron chi connectivity index (χ1n) is 9.96. The molecule has 3 aromatic rings. The first-order valence-corrected chi connectivity index (χ1v) is 10.3. The molecule has 1 aromatic heterocycles. The molecule has 1 fully saturated rings. The predicted molar refractivity (Wildman–Crippen MR) is 123 cm³/mol. The Labute approximate surface area is 190 Å². The van der Waals surface area contributed by atoms with E-state index in [-0.39, 0.29) is 16.9 Å². The van der Waals surface area contributed by atoms with Gasteiger partial charge in [0.1, 0.15) is 17.6 Å². The minimum absolute atomic E-state index is 0.0755. The van der Waals surface area contributed by atoms with Crippen LogP contribution in [0, 0.1) is 13.8 Å². The van der Waals surface area contributed by atoms with Crippen LogP contribution in [-0.2, 0) is 9.59 Å². The number of Topliss-reactive ketones (excluding diaryl/α,β-unsaturated/α-hetero) is 1. The van der Waals surface area contributed by atoms with Crippen LogP contribution < -0.4 is 9.64 Å². The summed E-state index contributed by atoms with van der Waals surface area (Å²) in [4.78, 5) is 32.2. The molecule has 0 spiro atoms. The highest BCUT2D eigenvalue weighted by Crippen LogP contribution is 2.43. The van der Waals surface area contributed by atoms with E-state index in [9.17, 15) is 14.7 Å². The number of aromatic nitrogens is 1. The number of rotatable bonds is 4. The standard InChI is InChI=1S/C25H21ClN2O4/c1-14-10-15(2)12-17(11-14)28-22(19-6-4-5-9-27-19)21(24(30)25(28)31)23(29)18-13-16(26)7-8-20(18)32-3/h4-13,22,29H,1-3H3/b23-21+. The zero-order valence-corrected chi connectivity index (χ0v) is 18.6. The van der Waals surface area contributed by atoms with Crippen molar-refractivity contribution < 1.29 is 19.4 Å². The molecule has 0 radical (unpaired) electrons. The summed E-state index contributed by atoms with van der Waals surface area (Å²) >= 11 is 6.14. The number of hydrogen-bond acceptors (Lipinski definition) is 5. The first kappa shape index (κ1) is 21.6. The van der Waals surface area contributed by atoms with Gasteiger partial charge in [-0.3, -0.25) is 19.5 Å². The molecule has 2 heterocycles. The lowest BCUT2D eigenvalue weighted by Gasteiger charge is -2.25. The van der Waals surface area contributed by atoms with Crippen LogP contribution in [0.1, 0.15) is 28.4 Å². The van der Waals surface area contributed by atoms with Crippen LogP contribution in [0.15, 0.2) is 66.4 Å². The zero-order valence-electron chi connectivity index (χ0n) is 17.8. The average molecular weight is 449 g/mol. The molecule has 1 N–H and O–H groups in total. The molecule has 0 aliphatic carbocycles. The summed E-state index contributed by atoms with van der Waals surface area (Å²) in [6, 6.07) is 14.6. The molecule has 1 saturated heterocycles. The van der Waals surface area contributed by atoms with E-state index in [1.54, 1.807) is 36.5 Å². The molecule has 1 unspecified atom stereocenters. The highest BCUT2D eigenvalue weighted by atomic mass is 35.5. The van der Waals surface area contributed by atoms with Crippen molar-refractivity contribution >= 4 is 34.7 Å². The third-order valence-electron chi connectivity index (χ3n) is 5.31. The van der Waals surface area contributed by atoms with Crippen molar-refractivity contribution in [2.24, 2.45) is 0 Å². The van der Waals surface area contributed by atoms with Gasteiger partial charge in [-0.2, -0.15) is 0 Å². The number of methoxy groups -OCH3 is 1. The van der Waals surface area contributed by atoms with Gasteiger partial charge >= 0.3 is 0 Å². The SMILES string of the molecule is COc1ccc(Cl)cc1/C(O)=C1\C(=O)C(=O)N(c2cc(C)cc(C)c2)C1c1ccccn1. The van der Waals surface area contributed by atoms with E-state index in [2.05, 4.69) is 4.98 Å². The number of nitrogens with zero attached hydrogens (tertiary/aromatic N) is 2. The van der Waals surface area contributed by atoms with Gasteiger partial charge in [0.15, 0.2) is 0 Å². The first-order chi connectivity index (χ1) is 15.3. The summed E-state index contributed by atoms with van der Waals surface area (Å²) in [7, 11) is 1.45.